The minimum atomic E-state index is -1.17. The second kappa shape index (κ2) is 9.92. The molecule has 4 rings (SSSR count). The Bertz CT molecular complexity index is 1370. The zero-order chi connectivity index (χ0) is 24.2. The number of aliphatic hydroxyl groups excluding tert-OH is 1. The summed E-state index contributed by atoms with van der Waals surface area (Å²) in [6.07, 6.45) is 3.22. The molecule has 34 heavy (non-hydrogen) atoms. The van der Waals surface area contributed by atoms with E-state index in [4.69, 9.17) is 0 Å². The van der Waals surface area contributed by atoms with Crippen molar-refractivity contribution in [1.29, 1.82) is 0 Å². The van der Waals surface area contributed by atoms with Crippen LogP contribution in [0, 0.1) is 11.7 Å². The van der Waals surface area contributed by atoms with Gasteiger partial charge in [0.15, 0.2) is 0 Å². The first-order valence-electron chi connectivity index (χ1n) is 10.8. The number of hydrogen-bond donors (Lipinski definition) is 2. The van der Waals surface area contributed by atoms with E-state index in [-0.39, 0.29) is 30.3 Å². The van der Waals surface area contributed by atoms with E-state index in [9.17, 15) is 24.2 Å². The third-order valence-electron chi connectivity index (χ3n) is 5.85. The van der Waals surface area contributed by atoms with Crippen LogP contribution in [0.15, 0.2) is 59.7 Å². The van der Waals surface area contributed by atoms with Crippen LogP contribution in [-0.2, 0) is 24.8 Å². The minimum Gasteiger partial charge on any atom is -0.481 e. The zero-order valence-electron chi connectivity index (χ0n) is 18.5. The van der Waals surface area contributed by atoms with Crippen LogP contribution in [0.4, 0.5) is 4.39 Å². The van der Waals surface area contributed by atoms with Gasteiger partial charge in [0.2, 0.25) is 0 Å². The van der Waals surface area contributed by atoms with Gasteiger partial charge in [0.1, 0.15) is 16.7 Å². The summed E-state index contributed by atoms with van der Waals surface area (Å²) >= 11 is 0. The molecule has 2 atom stereocenters. The van der Waals surface area contributed by atoms with Crippen molar-refractivity contribution in [3.05, 3.63) is 76.6 Å². The molecule has 0 bridgehead atoms. The van der Waals surface area contributed by atoms with Gasteiger partial charge in [0, 0.05) is 25.4 Å². The van der Waals surface area contributed by atoms with Gasteiger partial charge in [-0.3, -0.25) is 14.3 Å². The van der Waals surface area contributed by atoms with Gasteiger partial charge in [-0.2, -0.15) is 5.10 Å². The van der Waals surface area contributed by atoms with Crippen molar-refractivity contribution in [3.63, 3.8) is 0 Å². The van der Waals surface area contributed by atoms with Crippen molar-refractivity contribution in [1.82, 2.24) is 24.8 Å². The number of carboxylic acids is 1. The van der Waals surface area contributed by atoms with E-state index in [1.54, 1.807) is 10.9 Å². The Morgan fingerprint density at radius 2 is 1.88 bits per heavy atom. The number of rotatable bonds is 9. The van der Waals surface area contributed by atoms with Crippen molar-refractivity contribution in [2.75, 3.05) is 0 Å². The van der Waals surface area contributed by atoms with E-state index < -0.39 is 29.4 Å². The van der Waals surface area contributed by atoms with Crippen LogP contribution in [0.5, 0.6) is 0 Å². The molecule has 2 heterocycles. The van der Waals surface area contributed by atoms with Crippen LogP contribution in [0.2, 0.25) is 0 Å². The third-order valence-corrected chi connectivity index (χ3v) is 5.85. The molecule has 0 fully saturated rings. The summed E-state index contributed by atoms with van der Waals surface area (Å²) in [4.78, 5) is 24.3. The van der Waals surface area contributed by atoms with E-state index in [2.05, 4.69) is 15.4 Å². The number of carbonyl (C=O) groups is 1. The topological polar surface area (TPSA) is 123 Å². The highest BCUT2D eigenvalue weighted by atomic mass is 19.1. The molecular weight excluding hydrogens is 441 g/mol. The molecule has 176 valence electrons. The van der Waals surface area contributed by atoms with Crippen molar-refractivity contribution >= 4 is 16.9 Å². The standard InChI is InChI=1S/C24H24FN5O4/c1-29-14-17(13-26-29)16-8-5-15(6-9-16)7-10-21(31)18(24(33)34)11-12-30-23(32)22-19(25)3-2-4-20(22)27-28-30/h2-6,8-9,13-14,18,21,31H,7,10-12H2,1H3,(H,33,34)/t18-,21+/m0/s1. The van der Waals surface area contributed by atoms with E-state index >= 15 is 0 Å². The Hall–Kier alpha value is -3.92. The summed E-state index contributed by atoms with van der Waals surface area (Å²) in [5.74, 6) is -3.00. The molecule has 2 aromatic heterocycles. The van der Waals surface area contributed by atoms with E-state index in [1.807, 2.05) is 37.5 Å². The average molecular weight is 465 g/mol. The first-order chi connectivity index (χ1) is 16.3. The number of fused-ring (bicyclic) bond motifs is 1. The summed E-state index contributed by atoms with van der Waals surface area (Å²) in [5.41, 5.74) is 2.41. The van der Waals surface area contributed by atoms with Crippen molar-refractivity contribution in [3.8, 4) is 11.1 Å². The highest BCUT2D eigenvalue weighted by Crippen LogP contribution is 2.21. The third kappa shape index (κ3) is 5.01. The van der Waals surface area contributed by atoms with Gasteiger partial charge in [-0.25, -0.2) is 9.07 Å². The van der Waals surface area contributed by atoms with E-state index in [0.717, 1.165) is 27.4 Å². The average Bonchev–Trinajstić information content (AvgIpc) is 3.25. The molecule has 0 radical (unpaired) electrons. The molecule has 0 spiro atoms. The van der Waals surface area contributed by atoms with Crippen molar-refractivity contribution < 1.29 is 19.4 Å². The Kier molecular flexibility index (Phi) is 6.78. The summed E-state index contributed by atoms with van der Waals surface area (Å²) < 4.78 is 16.7. The molecule has 0 saturated heterocycles. The van der Waals surface area contributed by atoms with E-state index in [1.165, 1.54) is 12.1 Å². The van der Waals surface area contributed by atoms with Gasteiger partial charge in [0.05, 0.1) is 18.2 Å². The number of benzene rings is 2. The molecule has 0 aliphatic heterocycles. The minimum absolute atomic E-state index is 0.0506. The SMILES string of the molecule is Cn1cc(-c2ccc(CC[C@@H](O)[C@H](CCn3nnc4cccc(F)c4c3=O)C(=O)O)cc2)cn1. The number of halogens is 1. The van der Waals surface area contributed by atoms with Crippen LogP contribution < -0.4 is 5.56 Å². The predicted octanol–water partition coefficient (Wildman–Crippen LogP) is 2.42. The molecule has 9 nitrogen and oxygen atoms in total. The van der Waals surface area contributed by atoms with Gasteiger partial charge in [-0.05, 0) is 42.5 Å². The maximum absolute atomic E-state index is 14.0. The highest BCUT2D eigenvalue weighted by molar-refractivity contribution is 5.77. The molecule has 0 unspecified atom stereocenters. The molecule has 0 aliphatic rings. The second-order valence-electron chi connectivity index (χ2n) is 8.19. The number of hydrogen-bond acceptors (Lipinski definition) is 6. The number of aryl methyl sites for hydroxylation is 3. The fourth-order valence-corrected chi connectivity index (χ4v) is 3.92. The predicted molar refractivity (Wildman–Crippen MR) is 122 cm³/mol. The number of carboxylic acid groups (broad SMARTS) is 1. The lowest BCUT2D eigenvalue weighted by Gasteiger charge is -2.19. The lowest BCUT2D eigenvalue weighted by molar-refractivity contribution is -0.146. The Balaban J connectivity index is 1.39. The number of aliphatic carboxylic acids is 1. The number of aromatic nitrogens is 5. The van der Waals surface area contributed by atoms with Crippen LogP contribution in [-0.4, -0.2) is 47.1 Å². The number of nitrogens with zero attached hydrogens (tertiary/aromatic N) is 5. The second-order valence-corrected chi connectivity index (χ2v) is 8.19. The number of aliphatic hydroxyl groups is 1. The first-order valence-corrected chi connectivity index (χ1v) is 10.8. The molecular formula is C24H24FN5O4. The van der Waals surface area contributed by atoms with Crippen LogP contribution in [0.25, 0.3) is 22.0 Å². The largest absolute Gasteiger partial charge is 0.481 e. The Labute approximate surface area is 194 Å². The summed E-state index contributed by atoms with van der Waals surface area (Å²) in [7, 11) is 1.85. The van der Waals surface area contributed by atoms with Gasteiger partial charge in [0.25, 0.3) is 5.56 Å². The van der Waals surface area contributed by atoms with Gasteiger partial charge < -0.3 is 10.2 Å². The fraction of sp³-hybridized carbons (Fsp3) is 0.292. The molecule has 4 aromatic rings. The van der Waals surface area contributed by atoms with Crippen molar-refractivity contribution in [2.24, 2.45) is 13.0 Å². The maximum Gasteiger partial charge on any atom is 0.309 e. The Morgan fingerprint density at radius 1 is 1.12 bits per heavy atom. The summed E-state index contributed by atoms with van der Waals surface area (Å²) in [6, 6.07) is 11.8. The van der Waals surface area contributed by atoms with Crippen LogP contribution >= 0.6 is 0 Å². The summed E-state index contributed by atoms with van der Waals surface area (Å²) in [6.45, 7) is -0.107. The summed E-state index contributed by atoms with van der Waals surface area (Å²) in [5, 5.41) is 31.7. The molecule has 0 saturated carbocycles. The van der Waals surface area contributed by atoms with Crippen molar-refractivity contribution in [2.45, 2.75) is 31.9 Å². The van der Waals surface area contributed by atoms with Crippen LogP contribution in [0.3, 0.4) is 0 Å². The lowest BCUT2D eigenvalue weighted by Crippen LogP contribution is -2.32. The molecule has 0 amide bonds. The molecule has 0 aliphatic carbocycles. The van der Waals surface area contributed by atoms with E-state index in [0.29, 0.717) is 6.42 Å². The molecule has 10 heteroatoms. The molecule has 2 aromatic carbocycles. The quantitative estimate of drug-likeness (QED) is 0.389. The zero-order valence-corrected chi connectivity index (χ0v) is 18.5. The van der Waals surface area contributed by atoms with Gasteiger partial charge >= 0.3 is 5.97 Å². The highest BCUT2D eigenvalue weighted by Gasteiger charge is 2.26. The maximum atomic E-state index is 14.0. The van der Waals surface area contributed by atoms with Gasteiger partial charge in [-0.15, -0.1) is 5.10 Å². The monoisotopic (exact) mass is 465 g/mol. The smallest absolute Gasteiger partial charge is 0.309 e. The first kappa shape index (κ1) is 23.2. The van der Waals surface area contributed by atoms with Gasteiger partial charge in [-0.1, -0.05) is 35.5 Å². The fourth-order valence-electron chi connectivity index (χ4n) is 3.92. The lowest BCUT2D eigenvalue weighted by atomic mass is 9.93. The normalized spacial score (nSPS) is 13.1. The molecule has 2 N–H and O–H groups in total. The Morgan fingerprint density at radius 3 is 2.56 bits per heavy atom. The van der Waals surface area contributed by atoms with Crippen LogP contribution in [0.1, 0.15) is 18.4 Å².